The third kappa shape index (κ3) is 4.53. The minimum absolute atomic E-state index is 0.202. The molecule has 3 unspecified atom stereocenters. The van der Waals surface area contributed by atoms with Crippen LogP contribution in [0.4, 0.5) is 11.4 Å². The molecular formula is C26H24BrN3O5S2. The lowest BCUT2D eigenvalue weighted by Crippen LogP contribution is -2.32. The maximum atomic E-state index is 13.9. The van der Waals surface area contributed by atoms with Crippen molar-refractivity contribution in [2.45, 2.75) is 29.7 Å². The summed E-state index contributed by atoms with van der Waals surface area (Å²) in [6.07, 6.45) is 0. The van der Waals surface area contributed by atoms with Gasteiger partial charge in [-0.05, 0) is 48.9 Å². The fourth-order valence-corrected chi connectivity index (χ4v) is 7.81. The van der Waals surface area contributed by atoms with Gasteiger partial charge in [-0.15, -0.1) is 0 Å². The number of anilines is 2. The molecule has 0 bridgehead atoms. The van der Waals surface area contributed by atoms with Gasteiger partial charge in [0.2, 0.25) is 11.8 Å². The third-order valence-corrected chi connectivity index (χ3v) is 9.63. The summed E-state index contributed by atoms with van der Waals surface area (Å²) in [5, 5.41) is -0.186. The summed E-state index contributed by atoms with van der Waals surface area (Å²) in [5.74, 6) is -2.34. The number of thioether (sulfide) groups is 1. The zero-order chi connectivity index (χ0) is 26.4. The Labute approximate surface area is 230 Å². The third-order valence-electron chi connectivity index (χ3n) is 6.50. The summed E-state index contributed by atoms with van der Waals surface area (Å²) >= 11 is 5.61. The molecule has 1 aromatic heterocycles. The molecule has 1 fully saturated rings. The van der Waals surface area contributed by atoms with Gasteiger partial charge in [0, 0.05) is 35.1 Å². The molecule has 192 valence electrons. The Bertz CT molecular complexity index is 1430. The highest BCUT2D eigenvalue weighted by Crippen LogP contribution is 2.54. The molecule has 0 spiro atoms. The molecule has 11 heteroatoms. The predicted molar refractivity (Wildman–Crippen MR) is 148 cm³/mol. The monoisotopic (exact) mass is 601 g/mol. The highest BCUT2D eigenvalue weighted by Gasteiger charge is 2.56. The minimum Gasteiger partial charge on any atom is -0.465 e. The van der Waals surface area contributed by atoms with Gasteiger partial charge in [-0.25, -0.2) is 4.90 Å². The van der Waals surface area contributed by atoms with Crippen LogP contribution in [0.25, 0.3) is 0 Å². The molecule has 37 heavy (non-hydrogen) atoms. The van der Waals surface area contributed by atoms with Crippen molar-refractivity contribution < 1.29 is 19.1 Å². The van der Waals surface area contributed by atoms with Crippen molar-refractivity contribution in [3.05, 3.63) is 73.1 Å². The van der Waals surface area contributed by atoms with Crippen LogP contribution in [0.3, 0.4) is 0 Å². The molecular weight excluding hydrogens is 578 g/mol. The first-order valence-electron chi connectivity index (χ1n) is 11.7. The van der Waals surface area contributed by atoms with E-state index in [4.69, 9.17) is 4.74 Å². The van der Waals surface area contributed by atoms with Gasteiger partial charge in [0.05, 0.1) is 23.2 Å². The van der Waals surface area contributed by atoms with Crippen LogP contribution >= 0.6 is 39.0 Å². The van der Waals surface area contributed by atoms with Gasteiger partial charge in [-0.2, -0.15) is 0 Å². The quantitative estimate of drug-likeness (QED) is 0.310. The maximum Gasteiger partial charge on any atom is 0.326 e. The summed E-state index contributed by atoms with van der Waals surface area (Å²) in [7, 11) is 3.88. The summed E-state index contributed by atoms with van der Waals surface area (Å²) < 4.78 is 7.29. The van der Waals surface area contributed by atoms with Gasteiger partial charge < -0.3 is 9.64 Å². The standard InChI is InChI=1S/C26H24BrN3O5S2/c1-4-35-18(31)13-29-25-22(37-26(29)34)19(14-5-9-16(10-6-14)28(2)3)20-21(36-25)24(33)30(23(20)32)17-11-7-15(27)8-12-17/h5-12,19-21H,4,13H2,1-3H3. The van der Waals surface area contributed by atoms with Crippen LogP contribution < -0.4 is 14.7 Å². The van der Waals surface area contributed by atoms with Gasteiger partial charge in [0.25, 0.3) is 0 Å². The fourth-order valence-electron chi connectivity index (χ4n) is 4.77. The van der Waals surface area contributed by atoms with E-state index >= 15 is 0 Å². The Balaban J connectivity index is 1.63. The van der Waals surface area contributed by atoms with Crippen molar-refractivity contribution in [3.8, 4) is 0 Å². The van der Waals surface area contributed by atoms with Crippen molar-refractivity contribution >= 4 is 68.2 Å². The fraction of sp³-hybridized carbons (Fsp3) is 0.308. The van der Waals surface area contributed by atoms with E-state index in [1.807, 2.05) is 43.3 Å². The first-order chi connectivity index (χ1) is 17.7. The topological polar surface area (TPSA) is 88.9 Å². The Kier molecular flexibility index (Phi) is 7.03. The average Bonchev–Trinajstić information content (AvgIpc) is 3.31. The van der Waals surface area contributed by atoms with E-state index in [0.29, 0.717) is 15.6 Å². The molecule has 0 aliphatic carbocycles. The number of ether oxygens (including phenoxy) is 1. The van der Waals surface area contributed by atoms with Crippen molar-refractivity contribution in [3.63, 3.8) is 0 Å². The number of thiazole rings is 1. The molecule has 5 rings (SSSR count). The number of nitrogens with zero attached hydrogens (tertiary/aromatic N) is 3. The van der Waals surface area contributed by atoms with Crippen LogP contribution in [0.5, 0.6) is 0 Å². The molecule has 3 heterocycles. The first-order valence-corrected chi connectivity index (χ1v) is 14.2. The molecule has 2 amide bonds. The number of imide groups is 1. The summed E-state index contributed by atoms with van der Waals surface area (Å²) in [6.45, 7) is 1.66. The number of hydrogen-bond acceptors (Lipinski definition) is 8. The molecule has 8 nitrogen and oxygen atoms in total. The smallest absolute Gasteiger partial charge is 0.326 e. The number of halogens is 1. The van der Waals surface area contributed by atoms with E-state index in [9.17, 15) is 19.2 Å². The number of carbonyl (C=O) groups excluding carboxylic acids is 3. The van der Waals surface area contributed by atoms with Gasteiger partial charge >= 0.3 is 10.8 Å². The molecule has 2 aliphatic rings. The number of esters is 1. The number of benzene rings is 2. The Morgan fingerprint density at radius 1 is 1.03 bits per heavy atom. The number of hydrogen-bond donors (Lipinski definition) is 0. The highest BCUT2D eigenvalue weighted by atomic mass is 79.9. The molecule has 3 aromatic rings. The van der Waals surface area contributed by atoms with E-state index in [-0.39, 0.29) is 29.8 Å². The molecule has 0 saturated carbocycles. The Morgan fingerprint density at radius 3 is 2.32 bits per heavy atom. The maximum absolute atomic E-state index is 13.9. The highest BCUT2D eigenvalue weighted by molar-refractivity contribution is 9.10. The SMILES string of the molecule is CCOC(=O)Cn1c2c(sc1=O)C(c1ccc(N(C)C)cc1)C1C(=O)N(c3ccc(Br)cc3)C(=O)C1S2. The number of aromatic nitrogens is 1. The second-order valence-corrected chi connectivity index (χ2v) is 12.0. The van der Waals surface area contributed by atoms with Gasteiger partial charge in [-0.3, -0.25) is 23.7 Å². The summed E-state index contributed by atoms with van der Waals surface area (Å²) in [6, 6.07) is 14.8. The normalized spacial score (nSPS) is 20.5. The lowest BCUT2D eigenvalue weighted by atomic mass is 9.83. The Morgan fingerprint density at radius 2 is 1.70 bits per heavy atom. The van der Waals surface area contributed by atoms with Crippen molar-refractivity contribution in [2.75, 3.05) is 30.5 Å². The number of fused-ring (bicyclic) bond motifs is 2. The van der Waals surface area contributed by atoms with Gasteiger partial charge in [-0.1, -0.05) is 51.2 Å². The first kappa shape index (κ1) is 25.7. The van der Waals surface area contributed by atoms with Crippen LogP contribution in [0, 0.1) is 5.92 Å². The second-order valence-electron chi connectivity index (χ2n) is 8.94. The van der Waals surface area contributed by atoms with Crippen molar-refractivity contribution in [2.24, 2.45) is 5.92 Å². The van der Waals surface area contributed by atoms with E-state index in [0.717, 1.165) is 27.1 Å². The summed E-state index contributed by atoms with van der Waals surface area (Å²) in [5.41, 5.74) is 2.33. The van der Waals surface area contributed by atoms with Crippen LogP contribution in [0.15, 0.2) is 62.8 Å². The van der Waals surface area contributed by atoms with E-state index in [1.54, 1.807) is 31.2 Å². The predicted octanol–water partition coefficient (Wildman–Crippen LogP) is 4.10. The van der Waals surface area contributed by atoms with Crippen LogP contribution in [-0.4, -0.2) is 48.3 Å². The van der Waals surface area contributed by atoms with Gasteiger partial charge in [0.15, 0.2) is 0 Å². The molecule has 2 aromatic carbocycles. The number of rotatable bonds is 6. The van der Waals surface area contributed by atoms with Crippen LogP contribution in [-0.2, 0) is 25.7 Å². The van der Waals surface area contributed by atoms with E-state index in [1.165, 1.54) is 21.2 Å². The molecule has 1 saturated heterocycles. The Hall–Kier alpha value is -2.89. The zero-order valence-electron chi connectivity index (χ0n) is 20.3. The number of carbonyl (C=O) groups is 3. The second kappa shape index (κ2) is 10.1. The number of amides is 2. The molecule has 0 N–H and O–H groups in total. The van der Waals surface area contributed by atoms with Gasteiger partial charge in [0.1, 0.15) is 11.8 Å². The minimum atomic E-state index is -0.732. The van der Waals surface area contributed by atoms with Crippen molar-refractivity contribution in [1.82, 2.24) is 4.57 Å². The molecule has 3 atom stereocenters. The van der Waals surface area contributed by atoms with E-state index in [2.05, 4.69) is 15.9 Å². The van der Waals surface area contributed by atoms with E-state index < -0.39 is 23.1 Å². The largest absolute Gasteiger partial charge is 0.465 e. The summed E-state index contributed by atoms with van der Waals surface area (Å²) in [4.78, 5) is 56.5. The lowest BCUT2D eigenvalue weighted by Gasteiger charge is -2.31. The van der Waals surface area contributed by atoms with Crippen molar-refractivity contribution in [1.29, 1.82) is 0 Å². The van der Waals surface area contributed by atoms with Crippen LogP contribution in [0.2, 0.25) is 0 Å². The van der Waals surface area contributed by atoms with Crippen LogP contribution in [0.1, 0.15) is 23.3 Å². The molecule has 2 aliphatic heterocycles. The zero-order valence-corrected chi connectivity index (χ0v) is 23.6. The average molecular weight is 603 g/mol. The molecule has 0 radical (unpaired) electrons. The lowest BCUT2D eigenvalue weighted by molar-refractivity contribution is -0.144.